The lowest BCUT2D eigenvalue weighted by Crippen LogP contribution is -2.40. The molecule has 2 rings (SSSR count). The highest BCUT2D eigenvalue weighted by Crippen LogP contribution is 2.22. The van der Waals surface area contributed by atoms with Crippen molar-refractivity contribution in [2.24, 2.45) is 10.7 Å². The van der Waals surface area contributed by atoms with Gasteiger partial charge in [-0.2, -0.15) is 0 Å². The smallest absolute Gasteiger partial charge is 0.189 e. The number of pyridine rings is 1. The van der Waals surface area contributed by atoms with Gasteiger partial charge in [-0.25, -0.2) is 9.98 Å². The summed E-state index contributed by atoms with van der Waals surface area (Å²) >= 11 is 0. The van der Waals surface area contributed by atoms with Gasteiger partial charge in [0.15, 0.2) is 5.96 Å². The number of nitrogens with two attached hydrogens (primary N) is 1. The molecule has 1 atom stereocenters. The summed E-state index contributed by atoms with van der Waals surface area (Å²) in [5, 5.41) is 4.21. The Balaban J connectivity index is 2.24. The van der Waals surface area contributed by atoms with Gasteiger partial charge in [-0.05, 0) is 24.6 Å². The summed E-state index contributed by atoms with van der Waals surface area (Å²) < 4.78 is 5.08. The summed E-state index contributed by atoms with van der Waals surface area (Å²) in [6.45, 7) is 3.08. The first-order valence-corrected chi connectivity index (χ1v) is 7.62. The Kier molecular flexibility index (Phi) is 5.76. The van der Waals surface area contributed by atoms with Crippen molar-refractivity contribution in [2.75, 3.05) is 32.7 Å². The maximum absolute atomic E-state index is 5.95. The normalized spacial score (nSPS) is 13.1. The number of para-hydroxylation sites is 1. The lowest BCUT2D eigenvalue weighted by molar-refractivity contribution is 0.179. The summed E-state index contributed by atoms with van der Waals surface area (Å²) in [4.78, 5) is 11.1. The monoisotopic (exact) mass is 315 g/mol. The summed E-state index contributed by atoms with van der Waals surface area (Å²) in [5.74, 6) is 1.33. The maximum atomic E-state index is 5.95. The zero-order valence-electron chi connectivity index (χ0n) is 14.2. The SMILES string of the molecule is COCC(C)NC(N)=NCc1cc(N(C)C)nc2ccccc12. The number of guanidine groups is 1. The van der Waals surface area contributed by atoms with Gasteiger partial charge in [0.2, 0.25) is 0 Å². The van der Waals surface area contributed by atoms with E-state index in [0.29, 0.717) is 19.1 Å². The highest BCUT2D eigenvalue weighted by molar-refractivity contribution is 5.84. The number of fused-ring (bicyclic) bond motifs is 1. The molecule has 0 amide bonds. The number of methoxy groups -OCH3 is 1. The van der Waals surface area contributed by atoms with Crippen LogP contribution in [0.4, 0.5) is 5.82 Å². The van der Waals surface area contributed by atoms with Crippen molar-refractivity contribution in [1.82, 2.24) is 10.3 Å². The van der Waals surface area contributed by atoms with Gasteiger partial charge in [-0.3, -0.25) is 0 Å². The maximum Gasteiger partial charge on any atom is 0.189 e. The zero-order valence-corrected chi connectivity index (χ0v) is 14.2. The van der Waals surface area contributed by atoms with Crippen LogP contribution < -0.4 is 16.0 Å². The quantitative estimate of drug-likeness (QED) is 0.627. The summed E-state index contributed by atoms with van der Waals surface area (Å²) in [6.07, 6.45) is 0. The van der Waals surface area contributed by atoms with Gasteiger partial charge >= 0.3 is 0 Å². The number of hydrogen-bond donors (Lipinski definition) is 2. The molecule has 0 spiro atoms. The van der Waals surface area contributed by atoms with E-state index in [1.54, 1.807) is 7.11 Å². The van der Waals surface area contributed by atoms with Crippen molar-refractivity contribution in [3.63, 3.8) is 0 Å². The molecule has 6 nitrogen and oxygen atoms in total. The van der Waals surface area contributed by atoms with Crippen LogP contribution in [-0.4, -0.2) is 44.8 Å². The molecule has 0 bridgehead atoms. The Morgan fingerprint density at radius 1 is 1.39 bits per heavy atom. The molecule has 2 aromatic rings. The van der Waals surface area contributed by atoms with Gasteiger partial charge in [0, 0.05) is 32.6 Å². The van der Waals surface area contributed by atoms with Crippen molar-refractivity contribution in [1.29, 1.82) is 0 Å². The third-order valence-electron chi connectivity index (χ3n) is 3.48. The number of rotatable bonds is 6. The predicted octanol–water partition coefficient (Wildman–Crippen LogP) is 1.74. The second kappa shape index (κ2) is 7.78. The fourth-order valence-corrected chi connectivity index (χ4v) is 2.35. The van der Waals surface area contributed by atoms with Crippen LogP contribution in [0.15, 0.2) is 35.3 Å². The first-order chi connectivity index (χ1) is 11.0. The minimum Gasteiger partial charge on any atom is -0.383 e. The largest absolute Gasteiger partial charge is 0.383 e. The Morgan fingerprint density at radius 2 is 2.13 bits per heavy atom. The van der Waals surface area contributed by atoms with E-state index in [2.05, 4.69) is 27.4 Å². The molecule has 0 saturated heterocycles. The van der Waals surface area contributed by atoms with Crippen LogP contribution in [0.25, 0.3) is 10.9 Å². The first kappa shape index (κ1) is 17.0. The lowest BCUT2D eigenvalue weighted by atomic mass is 10.1. The molecule has 1 unspecified atom stereocenters. The van der Waals surface area contributed by atoms with E-state index in [0.717, 1.165) is 22.3 Å². The second-order valence-electron chi connectivity index (χ2n) is 5.75. The molecule has 1 aromatic heterocycles. The van der Waals surface area contributed by atoms with Crippen molar-refractivity contribution in [2.45, 2.75) is 19.5 Å². The number of aromatic nitrogens is 1. The van der Waals surface area contributed by atoms with Crippen molar-refractivity contribution in [3.05, 3.63) is 35.9 Å². The average molecular weight is 315 g/mol. The van der Waals surface area contributed by atoms with E-state index in [-0.39, 0.29) is 6.04 Å². The molecule has 0 aliphatic heterocycles. The molecule has 0 fully saturated rings. The van der Waals surface area contributed by atoms with Gasteiger partial charge in [0.25, 0.3) is 0 Å². The van der Waals surface area contributed by atoms with Gasteiger partial charge in [0.05, 0.1) is 18.7 Å². The topological polar surface area (TPSA) is 75.8 Å². The van der Waals surface area contributed by atoms with E-state index in [1.165, 1.54) is 0 Å². The van der Waals surface area contributed by atoms with Crippen molar-refractivity contribution >= 4 is 22.7 Å². The number of anilines is 1. The molecule has 6 heteroatoms. The van der Waals surface area contributed by atoms with E-state index in [4.69, 9.17) is 10.5 Å². The van der Waals surface area contributed by atoms with Crippen LogP contribution in [-0.2, 0) is 11.3 Å². The number of nitrogens with zero attached hydrogens (tertiary/aromatic N) is 3. The minimum atomic E-state index is 0.121. The standard InChI is InChI=1S/C17H25N5O/c1-12(11-23-4)20-17(18)19-10-13-9-16(22(2)3)21-15-8-6-5-7-14(13)15/h5-9,12H,10-11H2,1-4H3,(H3,18,19,20). The fourth-order valence-electron chi connectivity index (χ4n) is 2.35. The Bertz CT molecular complexity index is 684. The van der Waals surface area contributed by atoms with Crippen molar-refractivity contribution < 1.29 is 4.74 Å². The highest BCUT2D eigenvalue weighted by Gasteiger charge is 2.07. The predicted molar refractivity (Wildman–Crippen MR) is 95.9 cm³/mol. The number of aliphatic imine (C=N–C) groups is 1. The first-order valence-electron chi connectivity index (χ1n) is 7.62. The Labute approximate surface area is 137 Å². The molecule has 23 heavy (non-hydrogen) atoms. The molecule has 124 valence electrons. The number of benzene rings is 1. The van der Waals surface area contributed by atoms with Gasteiger partial charge < -0.3 is 20.7 Å². The molecule has 3 N–H and O–H groups in total. The van der Waals surface area contributed by atoms with Crippen LogP contribution in [0.1, 0.15) is 12.5 Å². The van der Waals surface area contributed by atoms with Crippen LogP contribution in [0, 0.1) is 0 Å². The molecule has 1 heterocycles. The molecule has 0 aliphatic rings. The van der Waals surface area contributed by atoms with E-state index in [1.807, 2.05) is 44.1 Å². The van der Waals surface area contributed by atoms with Crippen LogP contribution in [0.5, 0.6) is 0 Å². The van der Waals surface area contributed by atoms with Crippen LogP contribution in [0.3, 0.4) is 0 Å². The number of nitrogens with one attached hydrogen (secondary N) is 1. The van der Waals surface area contributed by atoms with Gasteiger partial charge in [0.1, 0.15) is 5.82 Å². The molecular weight excluding hydrogens is 290 g/mol. The molecule has 0 radical (unpaired) electrons. The van der Waals surface area contributed by atoms with E-state index in [9.17, 15) is 0 Å². The molecule has 0 aliphatic carbocycles. The van der Waals surface area contributed by atoms with Crippen LogP contribution >= 0.6 is 0 Å². The van der Waals surface area contributed by atoms with Gasteiger partial charge in [-0.1, -0.05) is 18.2 Å². The lowest BCUT2D eigenvalue weighted by Gasteiger charge is -2.15. The highest BCUT2D eigenvalue weighted by atomic mass is 16.5. The Morgan fingerprint density at radius 3 is 2.83 bits per heavy atom. The second-order valence-corrected chi connectivity index (χ2v) is 5.75. The Hall–Kier alpha value is -2.34. The zero-order chi connectivity index (χ0) is 16.8. The summed E-state index contributed by atoms with van der Waals surface area (Å²) in [5.41, 5.74) is 8.01. The summed E-state index contributed by atoms with van der Waals surface area (Å²) in [6, 6.07) is 10.2. The summed E-state index contributed by atoms with van der Waals surface area (Å²) in [7, 11) is 5.62. The van der Waals surface area contributed by atoms with Gasteiger partial charge in [-0.15, -0.1) is 0 Å². The minimum absolute atomic E-state index is 0.121. The molecule has 1 aromatic carbocycles. The number of hydrogen-bond acceptors (Lipinski definition) is 4. The van der Waals surface area contributed by atoms with Crippen molar-refractivity contribution in [3.8, 4) is 0 Å². The van der Waals surface area contributed by atoms with E-state index < -0.39 is 0 Å². The number of ether oxygens (including phenoxy) is 1. The van der Waals surface area contributed by atoms with Crippen LogP contribution in [0.2, 0.25) is 0 Å². The average Bonchev–Trinajstić information content (AvgIpc) is 2.52. The third kappa shape index (κ3) is 4.56. The molecular formula is C17H25N5O. The fraction of sp³-hybridized carbons (Fsp3) is 0.412. The van der Waals surface area contributed by atoms with E-state index >= 15 is 0 Å². The third-order valence-corrected chi connectivity index (χ3v) is 3.48. The molecule has 0 saturated carbocycles.